The molecular formula is C24H21Cl2NO3. The molecule has 3 aromatic carbocycles. The van der Waals surface area contributed by atoms with E-state index in [1.165, 1.54) is 6.08 Å². The fraction of sp³-hybridized carbons (Fsp3) is 0.125. The Labute approximate surface area is 186 Å². The lowest BCUT2D eigenvalue weighted by Crippen LogP contribution is -2.09. The van der Waals surface area contributed by atoms with Crippen LogP contribution in [0.3, 0.4) is 0 Å². The minimum Gasteiger partial charge on any atom is -0.493 e. The molecule has 0 fully saturated rings. The fourth-order valence-corrected chi connectivity index (χ4v) is 3.23. The van der Waals surface area contributed by atoms with Gasteiger partial charge in [-0.3, -0.25) is 4.79 Å². The Hall–Kier alpha value is -2.95. The maximum atomic E-state index is 12.4. The Bertz CT molecular complexity index is 1040. The third-order valence-corrected chi connectivity index (χ3v) is 4.98. The number of rotatable bonds is 7. The Morgan fingerprint density at radius 2 is 1.77 bits per heavy atom. The number of halogens is 2. The number of ether oxygens (including phenoxy) is 2. The molecule has 0 heterocycles. The lowest BCUT2D eigenvalue weighted by Gasteiger charge is -2.13. The number of hydrogen-bond donors (Lipinski definition) is 1. The van der Waals surface area contributed by atoms with Gasteiger partial charge in [0.25, 0.3) is 0 Å². The minimum absolute atomic E-state index is 0.294. The molecule has 0 radical (unpaired) electrons. The van der Waals surface area contributed by atoms with Gasteiger partial charge in [0.2, 0.25) is 5.91 Å². The van der Waals surface area contributed by atoms with Crippen LogP contribution in [0.2, 0.25) is 10.0 Å². The fourth-order valence-electron chi connectivity index (χ4n) is 2.84. The molecule has 0 atom stereocenters. The van der Waals surface area contributed by atoms with E-state index in [0.29, 0.717) is 39.4 Å². The van der Waals surface area contributed by atoms with Crippen molar-refractivity contribution in [2.75, 3.05) is 12.4 Å². The van der Waals surface area contributed by atoms with Gasteiger partial charge in [-0.05, 0) is 48.4 Å². The van der Waals surface area contributed by atoms with Crippen LogP contribution >= 0.6 is 23.2 Å². The summed E-state index contributed by atoms with van der Waals surface area (Å²) in [6, 6.07) is 18.4. The standard InChI is InChI=1S/C24H21Cl2NO3/c1-16-5-3-7-20(26)23(16)27-22(28)14-11-18-6-4-8-21(29-2)24(18)30-15-17-9-12-19(25)13-10-17/h3-14H,15H2,1-2H3,(H,27,28)/b14-11+. The van der Waals surface area contributed by atoms with Gasteiger partial charge >= 0.3 is 0 Å². The number of aryl methyl sites for hydroxylation is 1. The van der Waals surface area contributed by atoms with Crippen LogP contribution in [0, 0.1) is 6.92 Å². The molecule has 1 amide bonds. The third-order valence-electron chi connectivity index (χ3n) is 4.41. The Morgan fingerprint density at radius 1 is 1.03 bits per heavy atom. The smallest absolute Gasteiger partial charge is 0.248 e. The van der Waals surface area contributed by atoms with E-state index in [2.05, 4.69) is 5.32 Å². The molecule has 3 rings (SSSR count). The second-order valence-electron chi connectivity index (χ2n) is 6.55. The SMILES string of the molecule is COc1cccc(/C=C/C(=O)Nc2c(C)cccc2Cl)c1OCc1ccc(Cl)cc1. The molecular weight excluding hydrogens is 421 g/mol. The molecule has 0 saturated heterocycles. The Kier molecular flexibility index (Phi) is 7.39. The van der Waals surface area contributed by atoms with E-state index in [9.17, 15) is 4.79 Å². The normalized spacial score (nSPS) is 10.8. The van der Waals surface area contributed by atoms with Gasteiger partial charge in [-0.15, -0.1) is 0 Å². The van der Waals surface area contributed by atoms with Gasteiger partial charge in [-0.2, -0.15) is 0 Å². The number of nitrogens with one attached hydrogen (secondary N) is 1. The monoisotopic (exact) mass is 441 g/mol. The molecule has 0 bridgehead atoms. The highest BCUT2D eigenvalue weighted by molar-refractivity contribution is 6.34. The van der Waals surface area contributed by atoms with Crippen molar-refractivity contribution in [3.63, 3.8) is 0 Å². The zero-order chi connectivity index (χ0) is 21.5. The molecule has 0 aliphatic carbocycles. The number of methoxy groups -OCH3 is 1. The van der Waals surface area contributed by atoms with Crippen LogP contribution < -0.4 is 14.8 Å². The van der Waals surface area contributed by atoms with Gasteiger partial charge in [0, 0.05) is 16.7 Å². The summed E-state index contributed by atoms with van der Waals surface area (Å²) < 4.78 is 11.4. The average molecular weight is 442 g/mol. The third kappa shape index (κ3) is 5.56. The molecule has 0 aliphatic rings. The number of anilines is 1. The van der Waals surface area contributed by atoms with E-state index in [1.807, 2.05) is 61.5 Å². The quantitative estimate of drug-likeness (QED) is 0.423. The molecule has 3 aromatic rings. The van der Waals surface area contributed by atoms with Gasteiger partial charge in [0.1, 0.15) is 6.61 Å². The van der Waals surface area contributed by atoms with Crippen molar-refractivity contribution in [2.45, 2.75) is 13.5 Å². The van der Waals surface area contributed by atoms with E-state index in [4.69, 9.17) is 32.7 Å². The minimum atomic E-state index is -0.294. The van der Waals surface area contributed by atoms with Gasteiger partial charge < -0.3 is 14.8 Å². The van der Waals surface area contributed by atoms with E-state index in [1.54, 1.807) is 19.3 Å². The number of carbonyl (C=O) groups is 1. The first-order chi connectivity index (χ1) is 14.5. The summed E-state index contributed by atoms with van der Waals surface area (Å²) in [4.78, 5) is 12.4. The highest BCUT2D eigenvalue weighted by Crippen LogP contribution is 2.33. The molecule has 0 aliphatic heterocycles. The van der Waals surface area contributed by atoms with E-state index >= 15 is 0 Å². The van der Waals surface area contributed by atoms with Gasteiger partial charge in [0.15, 0.2) is 11.5 Å². The summed E-state index contributed by atoms with van der Waals surface area (Å²) in [5.41, 5.74) is 3.16. The topological polar surface area (TPSA) is 47.6 Å². The van der Waals surface area contributed by atoms with Gasteiger partial charge in [0.05, 0.1) is 17.8 Å². The summed E-state index contributed by atoms with van der Waals surface area (Å²) in [7, 11) is 1.57. The predicted octanol–water partition coefficient (Wildman–Crippen LogP) is 6.54. The van der Waals surface area contributed by atoms with Crippen molar-refractivity contribution in [1.29, 1.82) is 0 Å². The maximum absolute atomic E-state index is 12.4. The number of hydrogen-bond acceptors (Lipinski definition) is 3. The number of benzene rings is 3. The van der Waals surface area contributed by atoms with Crippen LogP contribution in [0.1, 0.15) is 16.7 Å². The van der Waals surface area contributed by atoms with Gasteiger partial charge in [-0.25, -0.2) is 0 Å². The van der Waals surface area contributed by atoms with Crippen LogP contribution in [0.15, 0.2) is 66.7 Å². The molecule has 30 heavy (non-hydrogen) atoms. The first-order valence-corrected chi connectivity index (χ1v) is 10.0. The second kappa shape index (κ2) is 10.2. The molecule has 6 heteroatoms. The molecule has 0 spiro atoms. The average Bonchev–Trinajstić information content (AvgIpc) is 2.74. The lowest BCUT2D eigenvalue weighted by molar-refractivity contribution is -0.111. The zero-order valence-electron chi connectivity index (χ0n) is 16.6. The Morgan fingerprint density at radius 3 is 2.47 bits per heavy atom. The Balaban J connectivity index is 1.77. The van der Waals surface area contributed by atoms with E-state index in [-0.39, 0.29) is 5.91 Å². The maximum Gasteiger partial charge on any atom is 0.248 e. The van der Waals surface area contributed by atoms with E-state index < -0.39 is 0 Å². The molecule has 0 saturated carbocycles. The summed E-state index contributed by atoms with van der Waals surface area (Å²) in [5, 5.41) is 3.97. The van der Waals surface area contributed by atoms with Gasteiger partial charge in [-0.1, -0.05) is 59.6 Å². The van der Waals surface area contributed by atoms with Crippen molar-refractivity contribution in [3.8, 4) is 11.5 Å². The van der Waals surface area contributed by atoms with Crippen LogP contribution in [-0.2, 0) is 11.4 Å². The van der Waals surface area contributed by atoms with Crippen molar-refractivity contribution < 1.29 is 14.3 Å². The van der Waals surface area contributed by atoms with Crippen molar-refractivity contribution in [3.05, 3.63) is 93.5 Å². The number of amides is 1. The highest BCUT2D eigenvalue weighted by Gasteiger charge is 2.11. The number of carbonyl (C=O) groups excluding carboxylic acids is 1. The number of para-hydroxylation sites is 2. The first-order valence-electron chi connectivity index (χ1n) is 9.26. The highest BCUT2D eigenvalue weighted by atomic mass is 35.5. The summed E-state index contributed by atoms with van der Waals surface area (Å²) in [5.74, 6) is 0.832. The molecule has 4 nitrogen and oxygen atoms in total. The first kappa shape index (κ1) is 21.8. The summed E-state index contributed by atoms with van der Waals surface area (Å²) >= 11 is 12.1. The zero-order valence-corrected chi connectivity index (χ0v) is 18.1. The molecule has 0 aromatic heterocycles. The molecule has 0 unspecified atom stereocenters. The van der Waals surface area contributed by atoms with Crippen molar-refractivity contribution >= 4 is 40.9 Å². The van der Waals surface area contributed by atoms with Crippen LogP contribution in [0.25, 0.3) is 6.08 Å². The predicted molar refractivity (Wildman–Crippen MR) is 123 cm³/mol. The molecule has 1 N–H and O–H groups in total. The van der Waals surface area contributed by atoms with Crippen LogP contribution in [0.4, 0.5) is 5.69 Å². The lowest BCUT2D eigenvalue weighted by atomic mass is 10.1. The van der Waals surface area contributed by atoms with Crippen LogP contribution in [0.5, 0.6) is 11.5 Å². The van der Waals surface area contributed by atoms with Crippen molar-refractivity contribution in [2.24, 2.45) is 0 Å². The second-order valence-corrected chi connectivity index (χ2v) is 7.39. The summed E-state index contributed by atoms with van der Waals surface area (Å²) in [6.45, 7) is 2.22. The largest absolute Gasteiger partial charge is 0.493 e. The summed E-state index contributed by atoms with van der Waals surface area (Å²) in [6.07, 6.45) is 3.12. The van der Waals surface area contributed by atoms with Crippen LogP contribution in [-0.4, -0.2) is 13.0 Å². The van der Waals surface area contributed by atoms with E-state index in [0.717, 1.165) is 11.1 Å². The van der Waals surface area contributed by atoms with Crippen molar-refractivity contribution in [1.82, 2.24) is 0 Å². The molecule has 154 valence electrons.